The summed E-state index contributed by atoms with van der Waals surface area (Å²) in [6.07, 6.45) is -4.97. The average Bonchev–Trinajstić information content (AvgIpc) is 2.20. The van der Waals surface area contributed by atoms with E-state index in [1.807, 2.05) is 0 Å². The molecule has 0 N–H and O–H groups in total. The molecule has 0 heterocycles. The first-order valence-electron chi connectivity index (χ1n) is 4.86. The zero-order valence-corrected chi connectivity index (χ0v) is 8.97. The summed E-state index contributed by atoms with van der Waals surface area (Å²) in [5.74, 6) is -1.74. The minimum absolute atomic E-state index is 0.114. The highest BCUT2D eigenvalue weighted by Crippen LogP contribution is 2.30. The van der Waals surface area contributed by atoms with Crippen LogP contribution in [0.1, 0.15) is 18.1 Å². The van der Waals surface area contributed by atoms with Crippen molar-refractivity contribution >= 4 is 5.97 Å². The smallest absolute Gasteiger partial charge is 0.416 e. The Morgan fingerprint density at radius 2 is 2.00 bits per heavy atom. The summed E-state index contributed by atoms with van der Waals surface area (Å²) in [6.45, 7) is 1.72. The van der Waals surface area contributed by atoms with E-state index in [9.17, 15) is 22.4 Å². The quantitative estimate of drug-likeness (QED) is 0.609. The number of carbonyl (C=O) groups excluding carboxylic acids is 1. The van der Waals surface area contributed by atoms with Gasteiger partial charge in [-0.2, -0.15) is 13.2 Å². The van der Waals surface area contributed by atoms with Gasteiger partial charge in [0.15, 0.2) is 0 Å². The molecular weight excluding hydrogens is 240 g/mol. The number of halogens is 4. The molecule has 1 rings (SSSR count). The second-order valence-corrected chi connectivity index (χ2v) is 3.29. The van der Waals surface area contributed by atoms with Crippen LogP contribution in [0.2, 0.25) is 0 Å². The minimum atomic E-state index is -4.59. The Morgan fingerprint density at radius 3 is 2.47 bits per heavy atom. The van der Waals surface area contributed by atoms with Crippen molar-refractivity contribution in [1.29, 1.82) is 0 Å². The van der Waals surface area contributed by atoms with Crippen molar-refractivity contribution in [2.24, 2.45) is 0 Å². The van der Waals surface area contributed by atoms with Crippen LogP contribution in [0, 0.1) is 5.82 Å². The van der Waals surface area contributed by atoms with Gasteiger partial charge in [-0.25, -0.2) is 4.39 Å². The Balaban J connectivity index is 2.87. The second kappa shape index (κ2) is 5.16. The number of benzene rings is 1. The van der Waals surface area contributed by atoms with E-state index in [0.717, 1.165) is 12.1 Å². The Hall–Kier alpha value is -1.59. The molecule has 1 aromatic carbocycles. The van der Waals surface area contributed by atoms with E-state index in [1.165, 1.54) is 0 Å². The molecule has 0 fully saturated rings. The van der Waals surface area contributed by atoms with E-state index < -0.39 is 23.5 Å². The molecule has 94 valence electrons. The lowest BCUT2D eigenvalue weighted by Crippen LogP contribution is -2.10. The molecule has 0 bridgehead atoms. The van der Waals surface area contributed by atoms with Gasteiger partial charge in [0.2, 0.25) is 0 Å². The van der Waals surface area contributed by atoms with Gasteiger partial charge >= 0.3 is 12.1 Å². The lowest BCUT2D eigenvalue weighted by atomic mass is 10.1. The summed E-state index contributed by atoms with van der Waals surface area (Å²) in [4.78, 5) is 11.0. The first-order valence-corrected chi connectivity index (χ1v) is 4.86. The van der Waals surface area contributed by atoms with Crippen LogP contribution in [0.25, 0.3) is 0 Å². The van der Waals surface area contributed by atoms with Crippen molar-refractivity contribution in [3.8, 4) is 0 Å². The van der Waals surface area contributed by atoms with Crippen LogP contribution < -0.4 is 0 Å². The molecular formula is C11H10F4O2. The van der Waals surface area contributed by atoms with Crippen LogP contribution in [0.5, 0.6) is 0 Å². The largest absolute Gasteiger partial charge is 0.466 e. The topological polar surface area (TPSA) is 26.3 Å². The van der Waals surface area contributed by atoms with Crippen LogP contribution in [-0.2, 0) is 22.1 Å². The molecule has 0 aliphatic rings. The lowest BCUT2D eigenvalue weighted by Gasteiger charge is -2.08. The molecule has 0 amide bonds. The standard InChI is InChI=1S/C11H10F4O2/c1-2-17-10(16)5-7-3-4-8(6-9(7)12)11(13,14)15/h3-4,6H,2,5H2,1H3. The van der Waals surface area contributed by atoms with E-state index in [0.29, 0.717) is 6.07 Å². The number of hydrogen-bond donors (Lipinski definition) is 0. The zero-order chi connectivity index (χ0) is 13.1. The van der Waals surface area contributed by atoms with Crippen molar-refractivity contribution in [2.45, 2.75) is 19.5 Å². The zero-order valence-electron chi connectivity index (χ0n) is 8.97. The number of esters is 1. The third-order valence-electron chi connectivity index (χ3n) is 2.02. The van der Waals surface area contributed by atoms with Crippen molar-refractivity contribution < 1.29 is 27.1 Å². The highest BCUT2D eigenvalue weighted by molar-refractivity contribution is 5.72. The van der Waals surface area contributed by atoms with Gasteiger partial charge in [-0.3, -0.25) is 4.79 Å². The van der Waals surface area contributed by atoms with Gasteiger partial charge in [-0.1, -0.05) is 6.07 Å². The molecule has 2 nitrogen and oxygen atoms in total. The summed E-state index contributed by atoms with van der Waals surface area (Å²) in [5.41, 5.74) is -1.20. The SMILES string of the molecule is CCOC(=O)Cc1ccc(C(F)(F)F)cc1F. The molecule has 0 radical (unpaired) electrons. The molecule has 0 aromatic heterocycles. The Morgan fingerprint density at radius 1 is 1.35 bits per heavy atom. The first kappa shape index (κ1) is 13.5. The van der Waals surface area contributed by atoms with Gasteiger partial charge in [-0.15, -0.1) is 0 Å². The fourth-order valence-electron chi connectivity index (χ4n) is 1.23. The summed E-state index contributed by atoms with van der Waals surface area (Å²) in [6, 6.07) is 2.04. The monoisotopic (exact) mass is 250 g/mol. The minimum Gasteiger partial charge on any atom is -0.466 e. The Labute approximate surface area is 95.2 Å². The van der Waals surface area contributed by atoms with Gasteiger partial charge < -0.3 is 4.74 Å². The third kappa shape index (κ3) is 3.72. The number of carbonyl (C=O) groups is 1. The van der Waals surface area contributed by atoms with Crippen molar-refractivity contribution in [1.82, 2.24) is 0 Å². The molecule has 17 heavy (non-hydrogen) atoms. The summed E-state index contributed by atoms with van der Waals surface area (Å²) in [5, 5.41) is 0. The van der Waals surface area contributed by atoms with Gasteiger partial charge in [-0.05, 0) is 24.6 Å². The Kier molecular flexibility index (Phi) is 4.09. The van der Waals surface area contributed by atoms with Crippen molar-refractivity contribution in [3.63, 3.8) is 0 Å². The van der Waals surface area contributed by atoms with Crippen LogP contribution in [0.15, 0.2) is 18.2 Å². The van der Waals surface area contributed by atoms with Crippen LogP contribution in [0.3, 0.4) is 0 Å². The van der Waals surface area contributed by atoms with E-state index in [4.69, 9.17) is 0 Å². The molecule has 1 aromatic rings. The number of ether oxygens (including phenoxy) is 1. The highest BCUT2D eigenvalue weighted by Gasteiger charge is 2.31. The van der Waals surface area contributed by atoms with Crippen LogP contribution in [-0.4, -0.2) is 12.6 Å². The van der Waals surface area contributed by atoms with E-state index in [1.54, 1.807) is 6.92 Å². The van der Waals surface area contributed by atoms with E-state index in [-0.39, 0.29) is 18.6 Å². The molecule has 0 atom stereocenters. The van der Waals surface area contributed by atoms with Gasteiger partial charge in [0.25, 0.3) is 0 Å². The molecule has 0 aliphatic carbocycles. The van der Waals surface area contributed by atoms with Crippen molar-refractivity contribution in [3.05, 3.63) is 35.1 Å². The Bertz CT molecular complexity index is 412. The average molecular weight is 250 g/mol. The van der Waals surface area contributed by atoms with Gasteiger partial charge in [0.05, 0.1) is 18.6 Å². The predicted octanol–water partition coefficient (Wildman–Crippen LogP) is 2.95. The maximum Gasteiger partial charge on any atom is 0.416 e. The van der Waals surface area contributed by atoms with E-state index in [2.05, 4.69) is 4.74 Å². The summed E-state index contributed by atoms with van der Waals surface area (Å²) >= 11 is 0. The second-order valence-electron chi connectivity index (χ2n) is 3.29. The molecule has 0 spiro atoms. The molecule has 0 saturated carbocycles. The molecule has 0 aliphatic heterocycles. The fourth-order valence-corrected chi connectivity index (χ4v) is 1.23. The highest BCUT2D eigenvalue weighted by atomic mass is 19.4. The lowest BCUT2D eigenvalue weighted by molar-refractivity contribution is -0.142. The molecule has 6 heteroatoms. The maximum absolute atomic E-state index is 13.3. The normalized spacial score (nSPS) is 11.4. The summed E-state index contributed by atoms with van der Waals surface area (Å²) < 4.78 is 54.5. The third-order valence-corrected chi connectivity index (χ3v) is 2.02. The maximum atomic E-state index is 13.3. The van der Waals surface area contributed by atoms with E-state index >= 15 is 0 Å². The molecule has 0 unspecified atom stereocenters. The van der Waals surface area contributed by atoms with Crippen LogP contribution >= 0.6 is 0 Å². The number of alkyl halides is 3. The van der Waals surface area contributed by atoms with Gasteiger partial charge in [0, 0.05) is 0 Å². The van der Waals surface area contributed by atoms with Gasteiger partial charge in [0.1, 0.15) is 5.82 Å². The molecule has 0 saturated heterocycles. The number of rotatable bonds is 3. The first-order chi connectivity index (χ1) is 7.84. The number of hydrogen-bond acceptors (Lipinski definition) is 2. The fraction of sp³-hybridized carbons (Fsp3) is 0.364. The van der Waals surface area contributed by atoms with Crippen molar-refractivity contribution in [2.75, 3.05) is 6.61 Å². The summed E-state index contributed by atoms with van der Waals surface area (Å²) in [7, 11) is 0. The van der Waals surface area contributed by atoms with Crippen LogP contribution in [0.4, 0.5) is 17.6 Å². The predicted molar refractivity (Wildman–Crippen MR) is 51.7 cm³/mol.